The average Bonchev–Trinajstić information content (AvgIpc) is 2.56. The van der Waals surface area contributed by atoms with E-state index in [1.165, 1.54) is 19.3 Å². The first-order chi connectivity index (χ1) is 7.36. The van der Waals surface area contributed by atoms with Gasteiger partial charge in [-0.05, 0) is 19.3 Å². The van der Waals surface area contributed by atoms with Crippen molar-refractivity contribution < 1.29 is 4.79 Å². The summed E-state index contributed by atoms with van der Waals surface area (Å²) in [5, 5.41) is 8.00. The van der Waals surface area contributed by atoms with Crippen molar-refractivity contribution >= 4 is 6.29 Å². The van der Waals surface area contributed by atoms with Crippen LogP contribution in [0.4, 0.5) is 0 Å². The standard InChI is InChI=1S/C11H17N3O/c1-2-3-7-14-11(9-5-4-6-9)10(8-15)12-13-14/h8-9H,2-7H2,1H3. The summed E-state index contributed by atoms with van der Waals surface area (Å²) in [6.45, 7) is 3.05. The van der Waals surface area contributed by atoms with E-state index < -0.39 is 0 Å². The van der Waals surface area contributed by atoms with Gasteiger partial charge in [-0.25, -0.2) is 4.68 Å². The molecule has 4 nitrogen and oxygen atoms in total. The maximum absolute atomic E-state index is 10.8. The van der Waals surface area contributed by atoms with Gasteiger partial charge in [0.1, 0.15) is 5.69 Å². The molecule has 4 heteroatoms. The highest BCUT2D eigenvalue weighted by Gasteiger charge is 2.27. The second-order valence-electron chi connectivity index (χ2n) is 4.18. The first-order valence-corrected chi connectivity index (χ1v) is 5.75. The van der Waals surface area contributed by atoms with E-state index >= 15 is 0 Å². The van der Waals surface area contributed by atoms with Crippen molar-refractivity contribution in [2.75, 3.05) is 0 Å². The number of carbonyl (C=O) groups excluding carboxylic acids is 1. The summed E-state index contributed by atoms with van der Waals surface area (Å²) in [7, 11) is 0. The summed E-state index contributed by atoms with van der Waals surface area (Å²) >= 11 is 0. The molecule has 0 saturated heterocycles. The lowest BCUT2D eigenvalue weighted by atomic mass is 9.82. The third-order valence-electron chi connectivity index (χ3n) is 3.13. The molecule has 0 N–H and O–H groups in total. The Hall–Kier alpha value is -1.19. The Kier molecular flexibility index (Phi) is 3.14. The van der Waals surface area contributed by atoms with E-state index in [2.05, 4.69) is 17.2 Å². The lowest BCUT2D eigenvalue weighted by molar-refractivity contribution is 0.111. The molecule has 0 radical (unpaired) electrons. The van der Waals surface area contributed by atoms with Crippen LogP contribution in [-0.2, 0) is 6.54 Å². The highest BCUT2D eigenvalue weighted by molar-refractivity contribution is 5.73. The highest BCUT2D eigenvalue weighted by atomic mass is 16.1. The molecular weight excluding hydrogens is 190 g/mol. The van der Waals surface area contributed by atoms with Crippen LogP contribution in [0.25, 0.3) is 0 Å². The molecule has 1 fully saturated rings. The molecule has 0 bridgehead atoms. The van der Waals surface area contributed by atoms with E-state index in [4.69, 9.17) is 0 Å². The number of unbranched alkanes of at least 4 members (excludes halogenated alkanes) is 1. The zero-order valence-corrected chi connectivity index (χ0v) is 9.15. The number of hydrogen-bond acceptors (Lipinski definition) is 3. The molecule has 0 aromatic carbocycles. The quantitative estimate of drug-likeness (QED) is 0.695. The Labute approximate surface area is 89.7 Å². The van der Waals surface area contributed by atoms with Crippen molar-refractivity contribution in [1.82, 2.24) is 15.0 Å². The van der Waals surface area contributed by atoms with E-state index in [1.54, 1.807) is 0 Å². The number of nitrogens with zero attached hydrogens (tertiary/aromatic N) is 3. The molecule has 0 unspecified atom stereocenters. The van der Waals surface area contributed by atoms with Gasteiger partial charge < -0.3 is 0 Å². The summed E-state index contributed by atoms with van der Waals surface area (Å²) in [6, 6.07) is 0. The summed E-state index contributed by atoms with van der Waals surface area (Å²) < 4.78 is 1.93. The molecule has 1 aromatic rings. The van der Waals surface area contributed by atoms with Gasteiger partial charge in [0.05, 0.1) is 5.69 Å². The monoisotopic (exact) mass is 207 g/mol. The lowest BCUT2D eigenvalue weighted by Crippen LogP contribution is -2.16. The molecule has 1 heterocycles. The van der Waals surface area contributed by atoms with Gasteiger partial charge in [0.15, 0.2) is 6.29 Å². The molecule has 82 valence electrons. The molecular formula is C11H17N3O. The molecule has 1 aliphatic carbocycles. The molecule has 15 heavy (non-hydrogen) atoms. The largest absolute Gasteiger partial charge is 0.296 e. The maximum atomic E-state index is 10.8. The molecule has 1 aliphatic rings. The number of aldehydes is 1. The number of rotatable bonds is 5. The molecule has 2 rings (SSSR count). The smallest absolute Gasteiger partial charge is 0.172 e. The van der Waals surface area contributed by atoms with Crippen LogP contribution in [0.1, 0.15) is 61.1 Å². The van der Waals surface area contributed by atoms with Crippen LogP contribution < -0.4 is 0 Å². The first-order valence-electron chi connectivity index (χ1n) is 5.75. The molecule has 0 atom stereocenters. The lowest BCUT2D eigenvalue weighted by Gasteiger charge is -2.26. The van der Waals surface area contributed by atoms with E-state index in [-0.39, 0.29) is 0 Å². The molecule has 1 aromatic heterocycles. The highest BCUT2D eigenvalue weighted by Crippen LogP contribution is 2.37. The Bertz CT molecular complexity index is 342. The van der Waals surface area contributed by atoms with Crippen molar-refractivity contribution in [3.8, 4) is 0 Å². The van der Waals surface area contributed by atoms with E-state index in [9.17, 15) is 4.79 Å². The topological polar surface area (TPSA) is 47.8 Å². The molecule has 0 amide bonds. The van der Waals surface area contributed by atoms with Crippen molar-refractivity contribution in [1.29, 1.82) is 0 Å². The number of hydrogen-bond donors (Lipinski definition) is 0. The van der Waals surface area contributed by atoms with E-state index in [1.807, 2.05) is 4.68 Å². The Morgan fingerprint density at radius 3 is 2.87 bits per heavy atom. The fraction of sp³-hybridized carbons (Fsp3) is 0.727. The molecule has 0 spiro atoms. The second-order valence-corrected chi connectivity index (χ2v) is 4.18. The molecule has 0 aliphatic heterocycles. The van der Waals surface area contributed by atoms with Crippen molar-refractivity contribution in [3.63, 3.8) is 0 Å². The van der Waals surface area contributed by atoms with Crippen molar-refractivity contribution in [3.05, 3.63) is 11.4 Å². The number of carbonyl (C=O) groups is 1. The van der Waals surface area contributed by atoms with Gasteiger partial charge in [0.25, 0.3) is 0 Å². The average molecular weight is 207 g/mol. The van der Waals surface area contributed by atoms with Crippen LogP contribution in [0.15, 0.2) is 0 Å². The molecule has 1 saturated carbocycles. The van der Waals surface area contributed by atoms with Gasteiger partial charge >= 0.3 is 0 Å². The summed E-state index contributed by atoms with van der Waals surface area (Å²) in [5.41, 5.74) is 1.63. The van der Waals surface area contributed by atoms with Gasteiger partial charge in [0.2, 0.25) is 0 Å². The van der Waals surface area contributed by atoms with Crippen LogP contribution in [0.3, 0.4) is 0 Å². The SMILES string of the molecule is CCCCn1nnc(C=O)c1C1CCC1. The fourth-order valence-corrected chi connectivity index (χ4v) is 1.99. The summed E-state index contributed by atoms with van der Waals surface area (Å²) in [4.78, 5) is 10.8. The summed E-state index contributed by atoms with van der Waals surface area (Å²) in [5.74, 6) is 0.525. The van der Waals surface area contributed by atoms with Crippen molar-refractivity contribution in [2.24, 2.45) is 0 Å². The van der Waals surface area contributed by atoms with Crippen LogP contribution in [0.5, 0.6) is 0 Å². The minimum atomic E-state index is 0.525. The maximum Gasteiger partial charge on any atom is 0.172 e. The van der Waals surface area contributed by atoms with Crippen LogP contribution >= 0.6 is 0 Å². The van der Waals surface area contributed by atoms with Gasteiger partial charge in [-0.2, -0.15) is 0 Å². The first kappa shape index (κ1) is 10.3. The summed E-state index contributed by atoms with van der Waals surface area (Å²) in [6.07, 6.45) is 6.70. The Morgan fingerprint density at radius 1 is 1.53 bits per heavy atom. The normalized spacial score (nSPS) is 16.3. The van der Waals surface area contributed by atoms with Gasteiger partial charge in [-0.1, -0.05) is 25.0 Å². The Balaban J connectivity index is 2.20. The zero-order chi connectivity index (χ0) is 10.7. The predicted octanol–water partition coefficient (Wildman–Crippen LogP) is 2.16. The minimum absolute atomic E-state index is 0.525. The van der Waals surface area contributed by atoms with Gasteiger partial charge in [0, 0.05) is 12.5 Å². The van der Waals surface area contributed by atoms with Gasteiger partial charge in [-0.3, -0.25) is 4.79 Å². The zero-order valence-electron chi connectivity index (χ0n) is 9.15. The third-order valence-corrected chi connectivity index (χ3v) is 3.13. The van der Waals surface area contributed by atoms with Crippen LogP contribution in [0, 0.1) is 0 Å². The second kappa shape index (κ2) is 4.55. The van der Waals surface area contributed by atoms with Gasteiger partial charge in [-0.15, -0.1) is 5.10 Å². The van der Waals surface area contributed by atoms with Crippen LogP contribution in [0.2, 0.25) is 0 Å². The Morgan fingerprint density at radius 2 is 2.33 bits per heavy atom. The number of aromatic nitrogens is 3. The predicted molar refractivity (Wildman–Crippen MR) is 56.9 cm³/mol. The number of aryl methyl sites for hydroxylation is 1. The van der Waals surface area contributed by atoms with Crippen molar-refractivity contribution in [2.45, 2.75) is 51.5 Å². The van der Waals surface area contributed by atoms with Crippen LogP contribution in [-0.4, -0.2) is 21.3 Å². The van der Waals surface area contributed by atoms with E-state index in [0.717, 1.165) is 31.4 Å². The third kappa shape index (κ3) is 1.94. The van der Waals surface area contributed by atoms with E-state index in [0.29, 0.717) is 11.6 Å². The minimum Gasteiger partial charge on any atom is -0.296 e. The fourth-order valence-electron chi connectivity index (χ4n) is 1.99.